The van der Waals surface area contributed by atoms with E-state index in [1.54, 1.807) is 0 Å². The molecule has 6 heavy (non-hydrogen) atoms. The van der Waals surface area contributed by atoms with Gasteiger partial charge in [-0.05, 0) is 0 Å². The molecule has 0 amide bonds. The second-order valence-corrected chi connectivity index (χ2v) is 0.854. The molecule has 0 bridgehead atoms. The van der Waals surface area contributed by atoms with Crippen LogP contribution in [0.4, 0.5) is 0 Å². The molecular weight excluding hydrogens is 243 g/mol. The summed E-state index contributed by atoms with van der Waals surface area (Å²) < 4.78 is 8.39. The fourth-order valence-corrected chi connectivity index (χ4v) is 0. The van der Waals surface area contributed by atoms with Gasteiger partial charge in [-0.2, -0.15) is 0 Å². The van der Waals surface area contributed by atoms with E-state index in [1.807, 2.05) is 0 Å². The van der Waals surface area contributed by atoms with Crippen LogP contribution in [0.5, 0.6) is 0 Å². The van der Waals surface area contributed by atoms with E-state index < -0.39 is 0 Å². The van der Waals surface area contributed by atoms with Gasteiger partial charge in [0.15, 0.2) is 0 Å². The van der Waals surface area contributed by atoms with Crippen molar-refractivity contribution in [3.63, 3.8) is 0 Å². The zero-order chi connectivity index (χ0) is 5.41. The Morgan fingerprint density at radius 2 is 1.83 bits per heavy atom. The Morgan fingerprint density at radius 3 is 1.83 bits per heavy atom. The molecule has 0 aromatic heterocycles. The van der Waals surface area contributed by atoms with Crippen LogP contribution < -0.4 is 0 Å². The van der Waals surface area contributed by atoms with Crippen molar-refractivity contribution >= 4 is 0 Å². The average Bonchev–Trinajstić information content (AvgIpc) is 1.72. The van der Waals surface area contributed by atoms with E-state index in [-0.39, 0.29) is 24.4 Å². The fourth-order valence-electron chi connectivity index (χ4n) is 0. The van der Waals surface area contributed by atoms with Gasteiger partial charge in [-0.25, -0.2) is 0 Å². The molecule has 0 saturated heterocycles. The predicted molar refractivity (Wildman–Crippen MR) is 21.0 cm³/mol. The average molecular weight is 252 g/mol. The summed E-state index contributed by atoms with van der Waals surface area (Å²) in [6.45, 7) is 5.72. The summed E-state index contributed by atoms with van der Waals surface area (Å²) in [6, 6.07) is 0. The van der Waals surface area contributed by atoms with Crippen LogP contribution in [0.3, 0.4) is 0 Å². The molecular formula is C4H9HfO. The predicted octanol–water partition coefficient (Wildman–Crippen LogP) is 1.50. The van der Waals surface area contributed by atoms with Gasteiger partial charge in [0.05, 0.1) is 0 Å². The summed E-state index contributed by atoms with van der Waals surface area (Å²) in [5.41, 5.74) is 0. The molecule has 0 saturated carbocycles. The zero-order valence-corrected chi connectivity index (χ0v) is 7.62. The Bertz CT molecular complexity index is 15.0. The summed E-state index contributed by atoms with van der Waals surface area (Å²) >= 11 is 0.0556. The van der Waals surface area contributed by atoms with Crippen molar-refractivity contribution in [1.29, 1.82) is 0 Å². The van der Waals surface area contributed by atoms with Crippen LogP contribution in [0.1, 0.15) is 19.8 Å². The fraction of sp³-hybridized carbons (Fsp3) is 0.750. The minimum atomic E-state index is 0.0556. The summed E-state index contributed by atoms with van der Waals surface area (Å²) in [4.78, 5) is 0. The molecule has 0 aliphatic rings. The molecule has 0 unspecified atom stereocenters. The maximum absolute atomic E-state index is 8.39. The van der Waals surface area contributed by atoms with Crippen LogP contribution in [-0.2, 0) is 27.2 Å². The van der Waals surface area contributed by atoms with Crippen LogP contribution in [0, 0.1) is 6.92 Å². The van der Waals surface area contributed by atoms with Gasteiger partial charge in [0, 0.05) is 0 Å². The van der Waals surface area contributed by atoms with Crippen LogP contribution in [0.2, 0.25) is 0 Å². The molecule has 2 heteroatoms. The van der Waals surface area contributed by atoms with Gasteiger partial charge >= 0.3 is 27.2 Å². The SMILES string of the molecule is [CH2]CCC.[O]=[Hf]. The van der Waals surface area contributed by atoms with Crippen LogP contribution in [0.15, 0.2) is 0 Å². The van der Waals surface area contributed by atoms with E-state index in [0.717, 1.165) is 6.42 Å². The molecule has 1 radical (unpaired) electrons. The molecule has 0 aromatic carbocycles. The van der Waals surface area contributed by atoms with Gasteiger partial charge in [0.1, 0.15) is 0 Å². The van der Waals surface area contributed by atoms with Crippen molar-refractivity contribution in [3.8, 4) is 0 Å². The number of hydrogen-bond acceptors (Lipinski definition) is 1. The molecule has 0 heterocycles. The van der Waals surface area contributed by atoms with E-state index in [2.05, 4.69) is 13.8 Å². The number of hydrogen-bond donors (Lipinski definition) is 0. The van der Waals surface area contributed by atoms with Crippen LogP contribution in [0.25, 0.3) is 0 Å². The van der Waals surface area contributed by atoms with Gasteiger partial charge in [0.25, 0.3) is 0 Å². The normalized spacial score (nSPS) is 5.50. The van der Waals surface area contributed by atoms with E-state index >= 15 is 0 Å². The third-order valence-corrected chi connectivity index (χ3v) is 0.354. The van der Waals surface area contributed by atoms with Gasteiger partial charge in [0.2, 0.25) is 0 Å². The molecule has 0 rings (SSSR count). The van der Waals surface area contributed by atoms with Crippen LogP contribution in [-0.4, -0.2) is 0 Å². The summed E-state index contributed by atoms with van der Waals surface area (Å²) in [7, 11) is 0. The Morgan fingerprint density at radius 1 is 1.67 bits per heavy atom. The number of unbranched alkanes of at least 4 members (excludes halogenated alkanes) is 1. The van der Waals surface area contributed by atoms with E-state index in [4.69, 9.17) is 2.85 Å². The first-order valence-corrected chi connectivity index (χ1v) is 3.38. The van der Waals surface area contributed by atoms with Crippen LogP contribution >= 0.6 is 0 Å². The first-order valence-electron chi connectivity index (χ1n) is 1.91. The Hall–Kier alpha value is 0.670. The Kier molecular flexibility index (Phi) is 28.4. The zero-order valence-electron chi connectivity index (χ0n) is 4.03. The number of rotatable bonds is 1. The molecule has 0 aliphatic heterocycles. The second kappa shape index (κ2) is 17.3. The van der Waals surface area contributed by atoms with Gasteiger partial charge in [-0.3, -0.25) is 0 Å². The standard InChI is InChI=1S/C4H9.Hf.O/c1-3-4-2;;/h1,3-4H2,2H3;;. The Balaban J connectivity index is 0. The molecule has 0 atom stereocenters. The quantitative estimate of drug-likeness (QED) is 0.646. The first-order chi connectivity index (χ1) is 2.91. The summed E-state index contributed by atoms with van der Waals surface area (Å²) in [5, 5.41) is 0. The molecule has 1 nitrogen and oxygen atoms in total. The third-order valence-electron chi connectivity index (χ3n) is 0.354. The molecule has 0 fully saturated rings. The van der Waals surface area contributed by atoms with Crippen molar-refractivity contribution in [1.82, 2.24) is 0 Å². The molecule has 35 valence electrons. The molecule has 0 aromatic rings. The van der Waals surface area contributed by atoms with Crippen molar-refractivity contribution in [2.75, 3.05) is 0 Å². The monoisotopic (exact) mass is 253 g/mol. The second-order valence-electron chi connectivity index (χ2n) is 0.854. The third kappa shape index (κ3) is 22.6. The van der Waals surface area contributed by atoms with Crippen molar-refractivity contribution < 1.29 is 27.2 Å². The maximum atomic E-state index is 8.39. The summed E-state index contributed by atoms with van der Waals surface area (Å²) in [5.74, 6) is 0. The van der Waals surface area contributed by atoms with Crippen molar-refractivity contribution in [2.45, 2.75) is 19.8 Å². The van der Waals surface area contributed by atoms with E-state index in [1.165, 1.54) is 6.42 Å². The van der Waals surface area contributed by atoms with Gasteiger partial charge in [-0.1, -0.05) is 26.7 Å². The van der Waals surface area contributed by atoms with E-state index in [0.29, 0.717) is 0 Å². The van der Waals surface area contributed by atoms with Gasteiger partial charge in [-0.15, -0.1) is 0 Å². The first kappa shape index (κ1) is 9.83. The van der Waals surface area contributed by atoms with Crippen molar-refractivity contribution in [2.24, 2.45) is 0 Å². The molecule has 0 spiro atoms. The topological polar surface area (TPSA) is 17.1 Å². The van der Waals surface area contributed by atoms with Gasteiger partial charge < -0.3 is 0 Å². The van der Waals surface area contributed by atoms with E-state index in [9.17, 15) is 0 Å². The minimum absolute atomic E-state index is 0.0556. The molecule has 0 aliphatic carbocycles. The Labute approximate surface area is 54.1 Å². The molecule has 0 N–H and O–H groups in total. The van der Waals surface area contributed by atoms with Crippen molar-refractivity contribution in [3.05, 3.63) is 6.92 Å². The summed E-state index contributed by atoms with van der Waals surface area (Å²) in [6.07, 6.45) is 2.28.